The third-order valence-corrected chi connectivity index (χ3v) is 7.23. The Hall–Kier alpha value is -2.58. The van der Waals surface area contributed by atoms with E-state index in [9.17, 15) is 4.79 Å². The molecule has 2 aromatic heterocycles. The molecule has 0 radical (unpaired) electrons. The Bertz CT molecular complexity index is 1140. The molecule has 8 nitrogen and oxygen atoms in total. The van der Waals surface area contributed by atoms with Crippen molar-refractivity contribution in [2.75, 3.05) is 13.2 Å². The van der Waals surface area contributed by atoms with E-state index in [1.165, 1.54) is 12.8 Å². The van der Waals surface area contributed by atoms with Crippen molar-refractivity contribution < 1.29 is 4.74 Å². The molecule has 1 saturated carbocycles. The van der Waals surface area contributed by atoms with E-state index >= 15 is 0 Å². The molecule has 1 aromatic carbocycles. The average molecular weight is 451 g/mol. The van der Waals surface area contributed by atoms with Gasteiger partial charge in [0, 0.05) is 30.8 Å². The van der Waals surface area contributed by atoms with Gasteiger partial charge in [-0.3, -0.25) is 9.69 Å². The average Bonchev–Trinajstić information content (AvgIpc) is 3.57. The van der Waals surface area contributed by atoms with Gasteiger partial charge in [0.05, 0.1) is 18.2 Å². The van der Waals surface area contributed by atoms with Crippen LogP contribution >= 0.6 is 0 Å². The largest absolute Gasteiger partial charge is 0.377 e. The van der Waals surface area contributed by atoms with Crippen LogP contribution in [-0.2, 0) is 11.3 Å². The fourth-order valence-corrected chi connectivity index (χ4v) is 5.48. The fourth-order valence-electron chi connectivity index (χ4n) is 5.48. The first kappa shape index (κ1) is 22.2. The second kappa shape index (κ2) is 9.73. The monoisotopic (exact) mass is 450 g/mol. The predicted octanol–water partition coefficient (Wildman–Crippen LogP) is 4.07. The molecule has 1 saturated heterocycles. The summed E-state index contributed by atoms with van der Waals surface area (Å²) in [6.07, 6.45) is 7.90. The van der Waals surface area contributed by atoms with Crippen LogP contribution in [0.4, 0.5) is 0 Å². The lowest BCUT2D eigenvalue weighted by atomic mass is 10.1. The van der Waals surface area contributed by atoms with Gasteiger partial charge in [0.25, 0.3) is 5.56 Å². The fraction of sp³-hybridized carbons (Fsp3) is 0.600. The van der Waals surface area contributed by atoms with E-state index in [2.05, 4.69) is 49.1 Å². The number of ether oxygens (including phenoxy) is 1. The summed E-state index contributed by atoms with van der Waals surface area (Å²) in [7, 11) is 0. The number of nitrogens with zero attached hydrogens (tertiary/aromatic N) is 5. The molecule has 0 bridgehead atoms. The van der Waals surface area contributed by atoms with E-state index in [0.717, 1.165) is 73.1 Å². The van der Waals surface area contributed by atoms with Crippen molar-refractivity contribution in [1.82, 2.24) is 30.1 Å². The number of H-pyrrole nitrogens is 1. The normalized spacial score (nSPS) is 20.3. The second-order valence-electron chi connectivity index (χ2n) is 9.62. The van der Waals surface area contributed by atoms with E-state index in [-0.39, 0.29) is 17.7 Å². The van der Waals surface area contributed by atoms with Gasteiger partial charge in [0.1, 0.15) is 0 Å². The summed E-state index contributed by atoms with van der Waals surface area (Å²) < 4.78 is 8.04. The molecular weight excluding hydrogens is 416 g/mol. The van der Waals surface area contributed by atoms with Crippen molar-refractivity contribution in [2.45, 2.75) is 83.5 Å². The smallest absolute Gasteiger partial charge is 0.252 e. The number of tetrazole rings is 1. The lowest BCUT2D eigenvalue weighted by Gasteiger charge is -2.32. The van der Waals surface area contributed by atoms with E-state index in [1.54, 1.807) is 0 Å². The van der Waals surface area contributed by atoms with Crippen molar-refractivity contribution in [1.29, 1.82) is 0 Å². The predicted molar refractivity (Wildman–Crippen MR) is 127 cm³/mol. The summed E-state index contributed by atoms with van der Waals surface area (Å²) in [5.41, 5.74) is 2.75. The van der Waals surface area contributed by atoms with Crippen LogP contribution in [0.25, 0.3) is 10.9 Å². The highest BCUT2D eigenvalue weighted by Gasteiger charge is 2.31. The van der Waals surface area contributed by atoms with Gasteiger partial charge in [0.2, 0.25) is 0 Å². The van der Waals surface area contributed by atoms with Crippen LogP contribution in [0.2, 0.25) is 0 Å². The SMILES string of the molecule is CC[C@@H](c1nnnn1C1CCCC1)N(Cc1cc2ccc(C)cc2[nH]c1=O)C[C@@H]1CCCO1. The Morgan fingerprint density at radius 3 is 2.82 bits per heavy atom. The number of rotatable bonds is 8. The Kier molecular flexibility index (Phi) is 6.55. The summed E-state index contributed by atoms with van der Waals surface area (Å²) in [5.74, 6) is 0.912. The molecule has 3 heterocycles. The number of hydrogen-bond donors (Lipinski definition) is 1. The van der Waals surface area contributed by atoms with Gasteiger partial charge in [-0.15, -0.1) is 5.10 Å². The number of aromatic nitrogens is 5. The Labute approximate surface area is 194 Å². The minimum Gasteiger partial charge on any atom is -0.377 e. The van der Waals surface area contributed by atoms with Gasteiger partial charge in [-0.05, 0) is 72.5 Å². The molecule has 1 aliphatic heterocycles. The Morgan fingerprint density at radius 1 is 1.21 bits per heavy atom. The van der Waals surface area contributed by atoms with Gasteiger partial charge in [-0.1, -0.05) is 31.9 Å². The third-order valence-electron chi connectivity index (χ3n) is 7.23. The molecule has 2 aliphatic rings. The third kappa shape index (κ3) is 4.73. The second-order valence-corrected chi connectivity index (χ2v) is 9.62. The number of pyridine rings is 1. The molecule has 2 atom stereocenters. The molecule has 0 amide bonds. The Morgan fingerprint density at radius 2 is 2.06 bits per heavy atom. The summed E-state index contributed by atoms with van der Waals surface area (Å²) in [6, 6.07) is 8.61. The lowest BCUT2D eigenvalue weighted by molar-refractivity contribution is 0.0484. The molecule has 3 aromatic rings. The maximum atomic E-state index is 13.0. The van der Waals surface area contributed by atoms with Crippen LogP contribution < -0.4 is 5.56 Å². The topological polar surface area (TPSA) is 88.9 Å². The molecule has 1 aliphatic carbocycles. The minimum atomic E-state index is -0.0318. The number of aromatic amines is 1. The zero-order valence-corrected chi connectivity index (χ0v) is 19.7. The molecule has 5 rings (SSSR count). The lowest BCUT2D eigenvalue weighted by Crippen LogP contribution is -2.38. The van der Waals surface area contributed by atoms with Gasteiger partial charge in [-0.2, -0.15) is 0 Å². The van der Waals surface area contributed by atoms with E-state index in [0.29, 0.717) is 12.6 Å². The number of benzene rings is 1. The van der Waals surface area contributed by atoms with Crippen LogP contribution in [0.1, 0.15) is 80.9 Å². The summed E-state index contributed by atoms with van der Waals surface area (Å²) in [6.45, 7) is 6.32. The van der Waals surface area contributed by atoms with Crippen LogP contribution in [0.5, 0.6) is 0 Å². The maximum Gasteiger partial charge on any atom is 0.252 e. The van der Waals surface area contributed by atoms with Crippen molar-refractivity contribution in [3.8, 4) is 0 Å². The van der Waals surface area contributed by atoms with E-state index < -0.39 is 0 Å². The van der Waals surface area contributed by atoms with Gasteiger partial charge < -0.3 is 9.72 Å². The van der Waals surface area contributed by atoms with Crippen molar-refractivity contribution in [3.05, 3.63) is 51.6 Å². The molecule has 8 heteroatoms. The van der Waals surface area contributed by atoms with Gasteiger partial charge in [0.15, 0.2) is 5.82 Å². The highest BCUT2D eigenvalue weighted by Crippen LogP contribution is 2.33. The van der Waals surface area contributed by atoms with Gasteiger partial charge in [-0.25, -0.2) is 4.68 Å². The first-order valence-corrected chi connectivity index (χ1v) is 12.4. The molecule has 2 fully saturated rings. The van der Waals surface area contributed by atoms with Crippen LogP contribution in [-0.4, -0.2) is 49.3 Å². The maximum absolute atomic E-state index is 13.0. The molecule has 33 heavy (non-hydrogen) atoms. The van der Waals surface area contributed by atoms with Crippen molar-refractivity contribution in [2.24, 2.45) is 0 Å². The van der Waals surface area contributed by atoms with Crippen molar-refractivity contribution >= 4 is 10.9 Å². The van der Waals surface area contributed by atoms with Crippen LogP contribution in [0.3, 0.4) is 0 Å². The van der Waals surface area contributed by atoms with Crippen LogP contribution in [0.15, 0.2) is 29.1 Å². The Balaban J connectivity index is 1.48. The molecule has 176 valence electrons. The number of hydrogen-bond acceptors (Lipinski definition) is 6. The van der Waals surface area contributed by atoms with Gasteiger partial charge >= 0.3 is 0 Å². The molecule has 1 N–H and O–H groups in total. The highest BCUT2D eigenvalue weighted by molar-refractivity contribution is 5.79. The quantitative estimate of drug-likeness (QED) is 0.556. The summed E-state index contributed by atoms with van der Waals surface area (Å²) in [5, 5.41) is 14.0. The van der Waals surface area contributed by atoms with Crippen molar-refractivity contribution in [3.63, 3.8) is 0 Å². The molecular formula is C25H34N6O2. The number of fused-ring (bicyclic) bond motifs is 1. The van der Waals surface area contributed by atoms with E-state index in [4.69, 9.17) is 4.74 Å². The number of aryl methyl sites for hydroxylation is 1. The first-order valence-electron chi connectivity index (χ1n) is 12.4. The zero-order valence-electron chi connectivity index (χ0n) is 19.7. The number of nitrogens with one attached hydrogen (secondary N) is 1. The summed E-state index contributed by atoms with van der Waals surface area (Å²) >= 11 is 0. The summed E-state index contributed by atoms with van der Waals surface area (Å²) in [4.78, 5) is 18.5. The zero-order chi connectivity index (χ0) is 22.8. The standard InChI is InChI=1S/C25H34N6O2/c1-3-23(24-27-28-29-31(24)20-7-4-5-8-20)30(16-21-9-6-12-33-21)15-19-14-18-11-10-17(2)13-22(18)26-25(19)32/h10-11,13-14,20-21,23H,3-9,12,15-16H2,1-2H3,(H,26,32)/t21-,23-/m0/s1. The van der Waals surface area contributed by atoms with Crippen LogP contribution in [0, 0.1) is 6.92 Å². The van der Waals surface area contributed by atoms with E-state index in [1.807, 2.05) is 19.1 Å². The highest BCUT2D eigenvalue weighted by atomic mass is 16.5. The molecule has 0 spiro atoms. The first-order chi connectivity index (χ1) is 16.1. The molecule has 0 unspecified atom stereocenters. The minimum absolute atomic E-state index is 0.0258.